The van der Waals surface area contributed by atoms with Crippen molar-refractivity contribution < 1.29 is 9.53 Å². The molecule has 3 aromatic rings. The van der Waals surface area contributed by atoms with Gasteiger partial charge in [0.2, 0.25) is 4.80 Å². The lowest BCUT2D eigenvalue weighted by Crippen LogP contribution is -2.25. The first-order chi connectivity index (χ1) is 14.8. The van der Waals surface area contributed by atoms with Crippen LogP contribution in [0.5, 0.6) is 5.75 Å². The SMILES string of the molecule is O=C1COc2ccc(-c3csc(=NC4CCCCC4)n3N=Cc3cccs3)cc2N1. The maximum absolute atomic E-state index is 11.7. The van der Waals surface area contributed by atoms with Gasteiger partial charge in [-0.1, -0.05) is 25.3 Å². The number of aromatic nitrogens is 1. The second-order valence-electron chi connectivity index (χ2n) is 7.44. The Hall–Kier alpha value is -2.71. The molecule has 1 saturated carbocycles. The summed E-state index contributed by atoms with van der Waals surface area (Å²) < 4.78 is 7.42. The predicted molar refractivity (Wildman–Crippen MR) is 122 cm³/mol. The molecular formula is C22H22N4O2S2. The molecule has 154 valence electrons. The van der Waals surface area contributed by atoms with Crippen LogP contribution in [-0.2, 0) is 4.79 Å². The number of carbonyl (C=O) groups excluding carboxylic acids is 1. The van der Waals surface area contributed by atoms with Crippen LogP contribution >= 0.6 is 22.7 Å². The van der Waals surface area contributed by atoms with Crippen molar-refractivity contribution >= 4 is 40.5 Å². The minimum absolute atomic E-state index is 0.0559. The normalized spacial score (nSPS) is 17.7. The Kier molecular flexibility index (Phi) is 5.50. The molecule has 1 aliphatic carbocycles. The van der Waals surface area contributed by atoms with Crippen molar-refractivity contribution in [1.82, 2.24) is 4.68 Å². The smallest absolute Gasteiger partial charge is 0.262 e. The van der Waals surface area contributed by atoms with E-state index in [4.69, 9.17) is 14.8 Å². The first kappa shape index (κ1) is 19.3. The summed E-state index contributed by atoms with van der Waals surface area (Å²) in [7, 11) is 0. The number of anilines is 1. The Morgan fingerprint density at radius 2 is 2.07 bits per heavy atom. The molecule has 5 rings (SSSR count). The molecular weight excluding hydrogens is 416 g/mol. The number of carbonyl (C=O) groups is 1. The average Bonchev–Trinajstić information content (AvgIpc) is 3.42. The third-order valence-corrected chi connectivity index (χ3v) is 6.94. The molecule has 0 bridgehead atoms. The average molecular weight is 439 g/mol. The van der Waals surface area contributed by atoms with Crippen LogP contribution in [-0.4, -0.2) is 29.4 Å². The number of fused-ring (bicyclic) bond motifs is 1. The van der Waals surface area contributed by atoms with Gasteiger partial charge in [-0.15, -0.1) is 22.7 Å². The summed E-state index contributed by atoms with van der Waals surface area (Å²) >= 11 is 3.26. The van der Waals surface area contributed by atoms with E-state index in [1.807, 2.05) is 46.6 Å². The molecule has 0 saturated heterocycles. The Balaban J connectivity index is 1.57. The first-order valence-electron chi connectivity index (χ1n) is 10.2. The lowest BCUT2D eigenvalue weighted by atomic mass is 9.96. The van der Waals surface area contributed by atoms with Crippen LogP contribution in [0.3, 0.4) is 0 Å². The van der Waals surface area contributed by atoms with Gasteiger partial charge < -0.3 is 10.1 Å². The molecule has 0 atom stereocenters. The highest BCUT2D eigenvalue weighted by atomic mass is 32.1. The highest BCUT2D eigenvalue weighted by Gasteiger charge is 2.18. The fraction of sp³-hybridized carbons (Fsp3) is 0.318. The van der Waals surface area contributed by atoms with Crippen molar-refractivity contribution in [2.45, 2.75) is 38.1 Å². The van der Waals surface area contributed by atoms with E-state index in [0.29, 0.717) is 17.5 Å². The number of benzene rings is 1. The lowest BCUT2D eigenvalue weighted by Gasteiger charge is -2.18. The van der Waals surface area contributed by atoms with Crippen LogP contribution < -0.4 is 14.9 Å². The van der Waals surface area contributed by atoms with Gasteiger partial charge in [-0.2, -0.15) is 5.10 Å². The molecule has 1 aliphatic heterocycles. The maximum Gasteiger partial charge on any atom is 0.262 e. The summed E-state index contributed by atoms with van der Waals surface area (Å²) in [4.78, 5) is 18.8. The molecule has 1 aromatic carbocycles. The zero-order chi connectivity index (χ0) is 20.3. The van der Waals surface area contributed by atoms with Crippen LogP contribution in [0.1, 0.15) is 37.0 Å². The molecule has 0 unspecified atom stereocenters. The summed E-state index contributed by atoms with van der Waals surface area (Å²) in [5.41, 5.74) is 2.60. The summed E-state index contributed by atoms with van der Waals surface area (Å²) in [6.07, 6.45) is 7.96. The number of rotatable bonds is 4. The second kappa shape index (κ2) is 8.57. The van der Waals surface area contributed by atoms with Gasteiger partial charge in [0.1, 0.15) is 5.75 Å². The highest BCUT2D eigenvalue weighted by molar-refractivity contribution is 7.11. The van der Waals surface area contributed by atoms with Gasteiger partial charge in [-0.25, -0.2) is 4.68 Å². The zero-order valence-electron chi connectivity index (χ0n) is 16.4. The van der Waals surface area contributed by atoms with Gasteiger partial charge in [-0.3, -0.25) is 9.79 Å². The molecule has 30 heavy (non-hydrogen) atoms. The third kappa shape index (κ3) is 4.11. The van der Waals surface area contributed by atoms with Crippen molar-refractivity contribution in [2.75, 3.05) is 11.9 Å². The molecule has 1 fully saturated rings. The number of ether oxygens (including phenoxy) is 1. The summed E-state index contributed by atoms with van der Waals surface area (Å²) in [5.74, 6) is 0.552. The van der Waals surface area contributed by atoms with Gasteiger partial charge in [0, 0.05) is 15.8 Å². The van der Waals surface area contributed by atoms with Gasteiger partial charge in [0.25, 0.3) is 5.91 Å². The number of thiophene rings is 1. The highest BCUT2D eigenvalue weighted by Crippen LogP contribution is 2.33. The number of hydrogen-bond donors (Lipinski definition) is 1. The van der Waals surface area contributed by atoms with Crippen molar-refractivity contribution in [2.24, 2.45) is 10.1 Å². The van der Waals surface area contributed by atoms with Crippen molar-refractivity contribution in [3.05, 3.63) is 50.8 Å². The second-order valence-corrected chi connectivity index (χ2v) is 9.26. The molecule has 6 nitrogen and oxygen atoms in total. The molecule has 1 N–H and O–H groups in total. The predicted octanol–water partition coefficient (Wildman–Crippen LogP) is 4.72. The quantitative estimate of drug-likeness (QED) is 0.599. The Morgan fingerprint density at radius 3 is 2.90 bits per heavy atom. The Labute approximate surface area is 182 Å². The number of amides is 1. The van der Waals surface area contributed by atoms with E-state index < -0.39 is 0 Å². The molecule has 1 amide bonds. The maximum atomic E-state index is 11.7. The molecule has 2 aliphatic rings. The van der Waals surface area contributed by atoms with Crippen molar-refractivity contribution in [3.8, 4) is 17.0 Å². The van der Waals surface area contributed by atoms with Crippen LogP contribution in [0.25, 0.3) is 11.3 Å². The number of nitrogens with zero attached hydrogens (tertiary/aromatic N) is 3. The zero-order valence-corrected chi connectivity index (χ0v) is 18.0. The van der Waals surface area contributed by atoms with Crippen molar-refractivity contribution in [1.29, 1.82) is 0 Å². The van der Waals surface area contributed by atoms with Gasteiger partial charge >= 0.3 is 0 Å². The molecule has 2 aromatic heterocycles. The van der Waals surface area contributed by atoms with Crippen molar-refractivity contribution in [3.63, 3.8) is 0 Å². The fourth-order valence-corrected chi connectivity index (χ4v) is 5.27. The standard InChI is InChI=1S/C22H22N4O2S2/c27-21-13-28-20-9-8-15(11-18(20)25-21)19-14-30-22(24-16-5-2-1-3-6-16)26(19)23-12-17-7-4-10-29-17/h4,7-12,14,16H,1-3,5-6,13H2,(H,25,27). The topological polar surface area (TPSA) is 68.0 Å². The number of hydrogen-bond acceptors (Lipinski definition) is 6. The molecule has 3 heterocycles. The van der Waals surface area contributed by atoms with E-state index in [2.05, 4.69) is 10.7 Å². The summed E-state index contributed by atoms with van der Waals surface area (Å²) in [6, 6.07) is 10.3. The first-order valence-corrected chi connectivity index (χ1v) is 11.9. The lowest BCUT2D eigenvalue weighted by molar-refractivity contribution is -0.118. The molecule has 0 spiro atoms. The molecule has 8 heteroatoms. The van der Waals surface area contributed by atoms with E-state index >= 15 is 0 Å². The van der Waals surface area contributed by atoms with E-state index in [1.54, 1.807) is 22.7 Å². The Bertz CT molecular complexity index is 1140. The largest absolute Gasteiger partial charge is 0.482 e. The number of thiazole rings is 1. The minimum Gasteiger partial charge on any atom is -0.482 e. The number of nitrogens with one attached hydrogen (secondary N) is 1. The Morgan fingerprint density at radius 1 is 1.17 bits per heavy atom. The molecule has 0 radical (unpaired) electrons. The van der Waals surface area contributed by atoms with Crippen LogP contribution in [0, 0.1) is 0 Å². The van der Waals surface area contributed by atoms with Crippen LogP contribution in [0.15, 0.2) is 51.2 Å². The summed E-state index contributed by atoms with van der Waals surface area (Å²) in [5, 5.41) is 11.8. The van der Waals surface area contributed by atoms with Gasteiger partial charge in [-0.05, 0) is 42.5 Å². The van der Waals surface area contributed by atoms with E-state index in [-0.39, 0.29) is 12.5 Å². The monoisotopic (exact) mass is 438 g/mol. The van der Waals surface area contributed by atoms with E-state index in [0.717, 1.165) is 33.8 Å². The van der Waals surface area contributed by atoms with Crippen LogP contribution in [0.4, 0.5) is 5.69 Å². The third-order valence-electron chi connectivity index (χ3n) is 5.30. The summed E-state index contributed by atoms with van der Waals surface area (Å²) in [6.45, 7) is 0.0559. The van der Waals surface area contributed by atoms with Gasteiger partial charge in [0.05, 0.1) is 23.6 Å². The minimum atomic E-state index is -0.137. The van der Waals surface area contributed by atoms with E-state index in [9.17, 15) is 4.79 Å². The van der Waals surface area contributed by atoms with Crippen LogP contribution in [0.2, 0.25) is 0 Å². The van der Waals surface area contributed by atoms with E-state index in [1.165, 1.54) is 19.3 Å². The van der Waals surface area contributed by atoms with Gasteiger partial charge in [0.15, 0.2) is 6.61 Å². The fourth-order valence-electron chi connectivity index (χ4n) is 3.79.